The highest BCUT2D eigenvalue weighted by atomic mass is 16.5. The molecule has 0 radical (unpaired) electrons. The van der Waals surface area contributed by atoms with E-state index in [9.17, 15) is 0 Å². The van der Waals surface area contributed by atoms with Crippen LogP contribution in [0.1, 0.15) is 11.4 Å². The molecule has 0 aliphatic rings. The summed E-state index contributed by atoms with van der Waals surface area (Å²) in [6.45, 7) is 1.44. The predicted octanol–water partition coefficient (Wildman–Crippen LogP) is 2.30. The second kappa shape index (κ2) is 7.02. The topological polar surface area (TPSA) is 56.1 Å². The van der Waals surface area contributed by atoms with Crippen molar-refractivity contribution >= 4 is 0 Å². The average molecular weight is 309 g/mol. The summed E-state index contributed by atoms with van der Waals surface area (Å²) in [5, 5.41) is 12.0. The smallest absolute Gasteiger partial charge is 0.170 e. The van der Waals surface area contributed by atoms with Gasteiger partial charge in [-0.3, -0.25) is 4.90 Å². The molecule has 0 fully saturated rings. The molecule has 1 aromatic heterocycles. The summed E-state index contributed by atoms with van der Waals surface area (Å²) in [6, 6.07) is 18.0. The Morgan fingerprint density at radius 3 is 2.65 bits per heavy atom. The molecular formula is C17H19N5O. The zero-order valence-corrected chi connectivity index (χ0v) is 13.3. The van der Waals surface area contributed by atoms with E-state index in [-0.39, 0.29) is 0 Å². The van der Waals surface area contributed by atoms with E-state index >= 15 is 0 Å². The number of benzene rings is 2. The first-order chi connectivity index (χ1) is 11.3. The van der Waals surface area contributed by atoms with Gasteiger partial charge < -0.3 is 4.74 Å². The summed E-state index contributed by atoms with van der Waals surface area (Å²) in [7, 11) is 3.72. The summed E-state index contributed by atoms with van der Waals surface area (Å²) in [6.07, 6.45) is 0. The van der Waals surface area contributed by atoms with Crippen LogP contribution < -0.4 is 4.74 Å². The van der Waals surface area contributed by atoms with Crippen molar-refractivity contribution in [1.29, 1.82) is 0 Å². The van der Waals surface area contributed by atoms with Crippen LogP contribution in [0.4, 0.5) is 0 Å². The number of ether oxygens (including phenoxy) is 1. The fraction of sp³-hybridized carbons (Fsp3) is 0.235. The maximum Gasteiger partial charge on any atom is 0.170 e. The fourth-order valence-corrected chi connectivity index (χ4v) is 2.45. The zero-order chi connectivity index (χ0) is 16.1. The van der Waals surface area contributed by atoms with E-state index in [1.165, 1.54) is 5.56 Å². The van der Waals surface area contributed by atoms with Crippen LogP contribution >= 0.6 is 0 Å². The third-order valence-electron chi connectivity index (χ3n) is 3.53. The Morgan fingerprint density at radius 1 is 1.04 bits per heavy atom. The van der Waals surface area contributed by atoms with Gasteiger partial charge in [0, 0.05) is 6.54 Å². The summed E-state index contributed by atoms with van der Waals surface area (Å²) in [4.78, 5) is 2.17. The summed E-state index contributed by atoms with van der Waals surface area (Å²) >= 11 is 0. The molecule has 2 aromatic carbocycles. The van der Waals surface area contributed by atoms with E-state index in [4.69, 9.17) is 4.74 Å². The lowest BCUT2D eigenvalue weighted by Crippen LogP contribution is -2.20. The second-order valence-corrected chi connectivity index (χ2v) is 5.37. The van der Waals surface area contributed by atoms with Crippen molar-refractivity contribution in [2.75, 3.05) is 14.2 Å². The number of hydrogen-bond donors (Lipinski definition) is 0. The molecule has 0 aliphatic carbocycles. The highest BCUT2D eigenvalue weighted by Gasteiger charge is 2.11. The number of para-hydroxylation sites is 1. The lowest BCUT2D eigenvalue weighted by atomic mass is 10.2. The lowest BCUT2D eigenvalue weighted by molar-refractivity contribution is 0.307. The van der Waals surface area contributed by atoms with Crippen LogP contribution in [0.5, 0.6) is 5.75 Å². The van der Waals surface area contributed by atoms with Crippen molar-refractivity contribution in [3.8, 4) is 11.4 Å². The molecular weight excluding hydrogens is 290 g/mol. The first-order valence-corrected chi connectivity index (χ1v) is 7.40. The Bertz CT molecular complexity index is 756. The maximum absolute atomic E-state index is 5.26. The maximum atomic E-state index is 5.26. The summed E-state index contributed by atoms with van der Waals surface area (Å²) in [5.74, 6) is 1.67. The molecule has 0 atom stereocenters. The first kappa shape index (κ1) is 15.2. The molecule has 0 saturated carbocycles. The molecule has 0 saturated heterocycles. The van der Waals surface area contributed by atoms with Crippen LogP contribution in [-0.4, -0.2) is 39.3 Å². The van der Waals surface area contributed by atoms with Crippen LogP contribution in [0.3, 0.4) is 0 Å². The van der Waals surface area contributed by atoms with E-state index in [1.54, 1.807) is 11.8 Å². The van der Waals surface area contributed by atoms with Crippen molar-refractivity contribution in [3.05, 3.63) is 66.0 Å². The van der Waals surface area contributed by atoms with Crippen LogP contribution in [0, 0.1) is 0 Å². The van der Waals surface area contributed by atoms with E-state index in [0.717, 1.165) is 23.8 Å². The average Bonchev–Trinajstić information content (AvgIpc) is 3.03. The van der Waals surface area contributed by atoms with Crippen LogP contribution in [-0.2, 0) is 13.1 Å². The van der Waals surface area contributed by atoms with E-state index < -0.39 is 0 Å². The normalized spacial score (nSPS) is 10.9. The Kier molecular flexibility index (Phi) is 4.63. The number of aromatic nitrogens is 4. The van der Waals surface area contributed by atoms with Gasteiger partial charge >= 0.3 is 0 Å². The predicted molar refractivity (Wildman–Crippen MR) is 87.3 cm³/mol. The Balaban J connectivity index is 1.71. The van der Waals surface area contributed by atoms with Gasteiger partial charge in [-0.25, -0.2) is 0 Å². The number of nitrogens with zero attached hydrogens (tertiary/aromatic N) is 5. The number of hydrogen-bond acceptors (Lipinski definition) is 5. The summed E-state index contributed by atoms with van der Waals surface area (Å²) < 4.78 is 7.03. The van der Waals surface area contributed by atoms with Crippen LogP contribution in [0.15, 0.2) is 54.6 Å². The fourth-order valence-electron chi connectivity index (χ4n) is 2.45. The molecule has 0 bridgehead atoms. The molecule has 0 unspecified atom stereocenters. The van der Waals surface area contributed by atoms with E-state index in [0.29, 0.717) is 6.54 Å². The molecule has 23 heavy (non-hydrogen) atoms. The third-order valence-corrected chi connectivity index (χ3v) is 3.53. The summed E-state index contributed by atoms with van der Waals surface area (Å²) in [5.41, 5.74) is 2.15. The molecule has 0 aliphatic heterocycles. The minimum Gasteiger partial charge on any atom is -0.497 e. The Morgan fingerprint density at radius 2 is 1.87 bits per heavy atom. The van der Waals surface area contributed by atoms with Crippen LogP contribution in [0.25, 0.3) is 5.69 Å². The number of tetrazole rings is 1. The van der Waals surface area contributed by atoms with Gasteiger partial charge in [-0.2, -0.15) is 4.68 Å². The molecule has 6 heteroatoms. The van der Waals surface area contributed by atoms with Gasteiger partial charge in [0.05, 0.1) is 19.3 Å². The van der Waals surface area contributed by atoms with Gasteiger partial charge in [-0.05, 0) is 47.3 Å². The molecule has 0 amide bonds. The molecule has 0 N–H and O–H groups in total. The zero-order valence-electron chi connectivity index (χ0n) is 13.3. The van der Waals surface area contributed by atoms with Gasteiger partial charge in [0.2, 0.25) is 0 Å². The number of methoxy groups -OCH3 is 1. The molecule has 118 valence electrons. The van der Waals surface area contributed by atoms with Crippen molar-refractivity contribution in [1.82, 2.24) is 25.1 Å². The quantitative estimate of drug-likeness (QED) is 0.699. The molecule has 0 spiro atoms. The van der Waals surface area contributed by atoms with Crippen molar-refractivity contribution < 1.29 is 4.74 Å². The second-order valence-electron chi connectivity index (χ2n) is 5.37. The number of rotatable bonds is 6. The minimum absolute atomic E-state index is 0.652. The van der Waals surface area contributed by atoms with Crippen molar-refractivity contribution in [2.45, 2.75) is 13.1 Å². The van der Waals surface area contributed by atoms with Gasteiger partial charge in [-0.1, -0.05) is 30.3 Å². The first-order valence-electron chi connectivity index (χ1n) is 7.40. The standard InChI is InChI=1S/C17H19N5O/c1-21(12-14-7-6-10-16(11-14)23-2)13-17-18-19-20-22(17)15-8-4-3-5-9-15/h3-11H,12-13H2,1-2H3. The van der Waals surface area contributed by atoms with E-state index in [2.05, 4.69) is 26.5 Å². The SMILES string of the molecule is COc1cccc(CN(C)Cc2nnnn2-c2ccccc2)c1. The van der Waals surface area contributed by atoms with Crippen LogP contribution in [0.2, 0.25) is 0 Å². The lowest BCUT2D eigenvalue weighted by Gasteiger charge is -2.16. The molecule has 6 nitrogen and oxygen atoms in total. The van der Waals surface area contributed by atoms with Crippen molar-refractivity contribution in [2.24, 2.45) is 0 Å². The van der Waals surface area contributed by atoms with Gasteiger partial charge in [-0.15, -0.1) is 5.10 Å². The third kappa shape index (κ3) is 3.73. The molecule has 3 aromatic rings. The van der Waals surface area contributed by atoms with Gasteiger partial charge in [0.25, 0.3) is 0 Å². The molecule has 1 heterocycles. The highest BCUT2D eigenvalue weighted by Crippen LogP contribution is 2.15. The largest absolute Gasteiger partial charge is 0.497 e. The molecule has 3 rings (SSSR count). The Labute approximate surface area is 135 Å². The van der Waals surface area contributed by atoms with Crippen molar-refractivity contribution in [3.63, 3.8) is 0 Å². The minimum atomic E-state index is 0.652. The Hall–Kier alpha value is -2.73. The monoisotopic (exact) mass is 309 g/mol. The van der Waals surface area contributed by atoms with Gasteiger partial charge in [0.15, 0.2) is 5.82 Å². The van der Waals surface area contributed by atoms with E-state index in [1.807, 2.05) is 55.6 Å². The highest BCUT2D eigenvalue weighted by molar-refractivity contribution is 5.30. The van der Waals surface area contributed by atoms with Gasteiger partial charge in [0.1, 0.15) is 5.75 Å².